The van der Waals surface area contributed by atoms with Gasteiger partial charge < -0.3 is 0 Å². The molecule has 0 amide bonds. The largest absolute Gasteiger partial charge is 0.256 e. The van der Waals surface area contributed by atoms with Gasteiger partial charge in [-0.05, 0) is 80.2 Å². The normalized spacial score (nSPS) is 11.7. The molecule has 0 atom stereocenters. The molecule has 0 aliphatic rings. The predicted molar refractivity (Wildman–Crippen MR) is 154 cm³/mol. The van der Waals surface area contributed by atoms with Crippen molar-refractivity contribution in [2.24, 2.45) is 9.98 Å². The molecule has 0 heterocycles. The summed E-state index contributed by atoms with van der Waals surface area (Å²) in [6.07, 6.45) is 3.84. The Balaban J connectivity index is 1.14. The zero-order chi connectivity index (χ0) is 24.2. The van der Waals surface area contributed by atoms with Gasteiger partial charge in [-0.2, -0.15) is 0 Å². The van der Waals surface area contributed by atoms with E-state index in [2.05, 4.69) is 143 Å². The first-order valence-corrected chi connectivity index (χ1v) is 12.1. The average molecular weight is 461 g/mol. The van der Waals surface area contributed by atoms with E-state index in [0.29, 0.717) is 0 Å². The summed E-state index contributed by atoms with van der Waals surface area (Å²) in [5, 5.41) is 4.93. The van der Waals surface area contributed by atoms with Crippen molar-refractivity contribution in [3.05, 3.63) is 145 Å². The highest BCUT2D eigenvalue weighted by atomic mass is 14.7. The molecule has 0 aromatic heterocycles. The van der Waals surface area contributed by atoms with Gasteiger partial charge in [0.05, 0.1) is 11.4 Å². The van der Waals surface area contributed by atoms with Crippen molar-refractivity contribution in [1.29, 1.82) is 0 Å². The number of aliphatic imine (C=N–C) groups is 2. The average Bonchev–Trinajstić information content (AvgIpc) is 2.95. The standard InChI is InChI=1S/C34H24N2/c1-3-7-31-21-25(9-11-27(31)5-1)23-35-33-17-13-29(14-18-33)30-15-19-34(20-16-30)36-24-26-10-12-28-6-2-4-8-32(28)22-26/h1-24H. The number of hydrogen-bond acceptors (Lipinski definition) is 2. The van der Waals surface area contributed by atoms with Crippen LogP contribution in [0.15, 0.2) is 143 Å². The molecule has 0 aliphatic carbocycles. The molecule has 2 nitrogen and oxygen atoms in total. The van der Waals surface area contributed by atoms with Crippen LogP contribution in [0.4, 0.5) is 11.4 Å². The number of benzene rings is 6. The minimum atomic E-state index is 0.934. The van der Waals surface area contributed by atoms with Crippen molar-refractivity contribution < 1.29 is 0 Å². The molecule has 170 valence electrons. The Labute approximate surface area is 210 Å². The lowest BCUT2D eigenvalue weighted by Crippen LogP contribution is -1.82. The van der Waals surface area contributed by atoms with Crippen LogP contribution in [0, 0.1) is 0 Å². The van der Waals surface area contributed by atoms with Gasteiger partial charge in [0.2, 0.25) is 0 Å². The molecular weight excluding hydrogens is 436 g/mol. The second-order valence-electron chi connectivity index (χ2n) is 8.82. The minimum absolute atomic E-state index is 0.934. The summed E-state index contributed by atoms with van der Waals surface area (Å²) in [6, 6.07) is 46.2. The first-order chi connectivity index (χ1) is 17.8. The van der Waals surface area contributed by atoms with Gasteiger partial charge in [0.25, 0.3) is 0 Å². The van der Waals surface area contributed by atoms with Crippen LogP contribution in [0.3, 0.4) is 0 Å². The molecule has 0 saturated carbocycles. The van der Waals surface area contributed by atoms with E-state index in [1.807, 2.05) is 12.4 Å². The summed E-state index contributed by atoms with van der Waals surface area (Å²) in [6.45, 7) is 0. The minimum Gasteiger partial charge on any atom is -0.256 e. The fourth-order valence-corrected chi connectivity index (χ4v) is 4.35. The van der Waals surface area contributed by atoms with Gasteiger partial charge >= 0.3 is 0 Å². The van der Waals surface area contributed by atoms with E-state index >= 15 is 0 Å². The zero-order valence-corrected chi connectivity index (χ0v) is 19.8. The van der Waals surface area contributed by atoms with Gasteiger partial charge in [0.1, 0.15) is 0 Å². The van der Waals surface area contributed by atoms with E-state index in [-0.39, 0.29) is 0 Å². The molecule has 0 saturated heterocycles. The van der Waals surface area contributed by atoms with E-state index in [0.717, 1.165) is 33.6 Å². The first kappa shape index (κ1) is 21.7. The Bertz CT molecular complexity index is 1580. The van der Waals surface area contributed by atoms with Crippen molar-refractivity contribution in [2.45, 2.75) is 0 Å². The lowest BCUT2D eigenvalue weighted by atomic mass is 10.0. The van der Waals surface area contributed by atoms with Crippen molar-refractivity contribution >= 4 is 45.3 Å². The molecule has 6 rings (SSSR count). The lowest BCUT2D eigenvalue weighted by molar-refractivity contribution is 1.50. The second kappa shape index (κ2) is 9.81. The van der Waals surface area contributed by atoms with E-state index in [9.17, 15) is 0 Å². The SMILES string of the molecule is C(=Nc1ccc(-c2ccc(N=Cc3ccc4ccccc4c3)cc2)cc1)c1ccc2ccccc2c1. The Morgan fingerprint density at radius 3 is 1.17 bits per heavy atom. The van der Waals surface area contributed by atoms with Gasteiger partial charge in [-0.15, -0.1) is 0 Å². The maximum absolute atomic E-state index is 4.66. The third-order valence-corrected chi connectivity index (χ3v) is 6.34. The summed E-state index contributed by atoms with van der Waals surface area (Å²) >= 11 is 0. The predicted octanol–water partition coefficient (Wildman–Crippen LogP) is 9.16. The Hall–Kier alpha value is -4.82. The van der Waals surface area contributed by atoms with Crippen LogP contribution < -0.4 is 0 Å². The fourth-order valence-electron chi connectivity index (χ4n) is 4.35. The number of rotatable bonds is 5. The van der Waals surface area contributed by atoms with Gasteiger partial charge in [0.15, 0.2) is 0 Å². The molecule has 2 heteroatoms. The number of fused-ring (bicyclic) bond motifs is 2. The molecule has 0 unspecified atom stereocenters. The quantitative estimate of drug-likeness (QED) is 0.229. The molecular formula is C34H24N2. The van der Waals surface area contributed by atoms with Gasteiger partial charge in [-0.3, -0.25) is 9.98 Å². The molecule has 6 aromatic rings. The van der Waals surface area contributed by atoms with Crippen molar-refractivity contribution in [1.82, 2.24) is 0 Å². The van der Waals surface area contributed by atoms with Crippen molar-refractivity contribution in [2.75, 3.05) is 0 Å². The Morgan fingerprint density at radius 1 is 0.361 bits per heavy atom. The molecule has 0 spiro atoms. The second-order valence-corrected chi connectivity index (χ2v) is 8.82. The molecule has 0 aliphatic heterocycles. The van der Waals surface area contributed by atoms with Crippen LogP contribution in [0.5, 0.6) is 0 Å². The van der Waals surface area contributed by atoms with Gasteiger partial charge in [-0.25, -0.2) is 0 Å². The zero-order valence-electron chi connectivity index (χ0n) is 19.8. The third kappa shape index (κ3) is 4.84. The Kier molecular flexibility index (Phi) is 5.91. The molecule has 0 N–H and O–H groups in total. The molecule has 36 heavy (non-hydrogen) atoms. The first-order valence-electron chi connectivity index (χ1n) is 12.1. The van der Waals surface area contributed by atoms with E-state index in [1.165, 1.54) is 21.5 Å². The van der Waals surface area contributed by atoms with Crippen LogP contribution in [-0.4, -0.2) is 12.4 Å². The summed E-state index contributed by atoms with van der Waals surface area (Å²) in [5.41, 5.74) is 6.37. The highest BCUT2D eigenvalue weighted by molar-refractivity contribution is 5.92. The molecule has 0 bridgehead atoms. The fraction of sp³-hybridized carbons (Fsp3) is 0. The van der Waals surface area contributed by atoms with Crippen LogP contribution in [-0.2, 0) is 0 Å². The van der Waals surface area contributed by atoms with Crippen molar-refractivity contribution in [3.63, 3.8) is 0 Å². The van der Waals surface area contributed by atoms with Gasteiger partial charge in [0, 0.05) is 12.4 Å². The van der Waals surface area contributed by atoms with E-state index in [4.69, 9.17) is 0 Å². The molecule has 0 fully saturated rings. The lowest BCUT2D eigenvalue weighted by Gasteiger charge is -2.03. The van der Waals surface area contributed by atoms with Gasteiger partial charge in [-0.1, -0.05) is 97.1 Å². The van der Waals surface area contributed by atoms with Crippen LogP contribution in [0.2, 0.25) is 0 Å². The summed E-state index contributed by atoms with van der Waals surface area (Å²) in [7, 11) is 0. The van der Waals surface area contributed by atoms with Crippen LogP contribution >= 0.6 is 0 Å². The summed E-state index contributed by atoms with van der Waals surface area (Å²) in [5.74, 6) is 0. The van der Waals surface area contributed by atoms with Crippen LogP contribution in [0.25, 0.3) is 32.7 Å². The molecule has 6 aromatic carbocycles. The molecule has 0 radical (unpaired) electrons. The number of nitrogens with zero attached hydrogens (tertiary/aromatic N) is 2. The highest BCUT2D eigenvalue weighted by Gasteiger charge is 2.00. The van der Waals surface area contributed by atoms with Crippen molar-refractivity contribution in [3.8, 4) is 11.1 Å². The summed E-state index contributed by atoms with van der Waals surface area (Å²) in [4.78, 5) is 9.32. The number of hydrogen-bond donors (Lipinski definition) is 0. The summed E-state index contributed by atoms with van der Waals surface area (Å²) < 4.78 is 0. The van der Waals surface area contributed by atoms with E-state index in [1.54, 1.807) is 0 Å². The topological polar surface area (TPSA) is 24.7 Å². The third-order valence-electron chi connectivity index (χ3n) is 6.34. The monoisotopic (exact) mass is 460 g/mol. The Morgan fingerprint density at radius 2 is 0.750 bits per heavy atom. The van der Waals surface area contributed by atoms with Crippen LogP contribution in [0.1, 0.15) is 11.1 Å². The maximum Gasteiger partial charge on any atom is 0.0630 e. The van der Waals surface area contributed by atoms with E-state index < -0.39 is 0 Å². The highest BCUT2D eigenvalue weighted by Crippen LogP contribution is 2.25. The smallest absolute Gasteiger partial charge is 0.0630 e. The maximum atomic E-state index is 4.66.